The Morgan fingerprint density at radius 1 is 1.20 bits per heavy atom. The number of hydrogen-bond donors (Lipinski definition) is 3. The minimum atomic E-state index is -1.43. The van der Waals surface area contributed by atoms with Crippen molar-refractivity contribution >= 4 is 28.9 Å². The van der Waals surface area contributed by atoms with E-state index in [1.165, 1.54) is 0 Å². The molecule has 0 spiro atoms. The van der Waals surface area contributed by atoms with E-state index in [0.29, 0.717) is 34.9 Å². The van der Waals surface area contributed by atoms with Gasteiger partial charge in [0.2, 0.25) is 0 Å². The van der Waals surface area contributed by atoms with Crippen molar-refractivity contribution in [2.24, 2.45) is 28.6 Å². The smallest absolute Gasteiger partial charge is 0.193 e. The van der Waals surface area contributed by atoms with Gasteiger partial charge in [0.15, 0.2) is 23.5 Å². The first-order chi connectivity index (χ1) is 21.0. The molecule has 7 rings (SSSR count). The van der Waals surface area contributed by atoms with E-state index in [2.05, 4.69) is 6.92 Å². The summed E-state index contributed by atoms with van der Waals surface area (Å²) < 4.78 is 19.3. The second-order valence-corrected chi connectivity index (χ2v) is 14.0. The van der Waals surface area contributed by atoms with Gasteiger partial charge in [0.25, 0.3) is 0 Å². The summed E-state index contributed by atoms with van der Waals surface area (Å²) >= 11 is 6.48. The van der Waals surface area contributed by atoms with Crippen LogP contribution in [0.5, 0.6) is 5.75 Å². The fourth-order valence-corrected chi connectivity index (χ4v) is 9.63. The summed E-state index contributed by atoms with van der Waals surface area (Å²) in [6.45, 7) is 3.70. The molecule has 0 aromatic heterocycles. The van der Waals surface area contributed by atoms with Gasteiger partial charge in [0, 0.05) is 28.0 Å². The molecule has 1 saturated heterocycles. The third-order valence-corrected chi connectivity index (χ3v) is 11.7. The third-order valence-electron chi connectivity index (χ3n) is 11.4. The first-order valence-electron chi connectivity index (χ1n) is 15.4. The summed E-state index contributed by atoms with van der Waals surface area (Å²) in [7, 11) is 0. The minimum Gasteiger partial charge on any atom is -0.487 e. The number of aliphatic hydroxyl groups excluding tert-OH is 2. The number of nitrogen functional groups attached to an aromatic ring is 1. The molecular weight excluding hydrogens is 582 g/mol. The van der Waals surface area contributed by atoms with E-state index >= 15 is 0 Å². The molecule has 1 heterocycles. The van der Waals surface area contributed by atoms with Gasteiger partial charge in [-0.3, -0.25) is 9.59 Å². The van der Waals surface area contributed by atoms with Crippen molar-refractivity contribution in [3.63, 3.8) is 0 Å². The second kappa shape index (κ2) is 10.5. The van der Waals surface area contributed by atoms with Crippen LogP contribution >= 0.6 is 11.6 Å². The molecule has 4 N–H and O–H groups in total. The molecule has 232 valence electrons. The standard InChI is InChI=1S/C35H38ClNO7/c1-33-11-10-23(39)14-21(33)7-8-24-25-15-30-35(29(41)17-38,34(25,2)16-27(40)31(24)33)44-32(43-30)20-6-9-26(36)28(13-20)42-18-19-4-3-5-22(37)12-19/h3-6,9-14,24-25,27,30-32,38,40H,7-8,15-18,37H2,1-2H3/t24-,25-,27-,30+,31+,32+,33-,34-,35+/m0/s1. The molecule has 44 heavy (non-hydrogen) atoms. The number of anilines is 1. The van der Waals surface area contributed by atoms with Gasteiger partial charge in [-0.2, -0.15) is 0 Å². The molecule has 9 atom stereocenters. The van der Waals surface area contributed by atoms with Crippen molar-refractivity contribution in [2.75, 3.05) is 12.3 Å². The highest BCUT2D eigenvalue weighted by atomic mass is 35.5. The number of allylic oxidation sites excluding steroid dienone is 4. The summed E-state index contributed by atoms with van der Waals surface area (Å²) in [5.74, 6) is 0.00410. The molecule has 0 bridgehead atoms. The van der Waals surface area contributed by atoms with E-state index in [-0.39, 0.29) is 30.1 Å². The molecule has 0 unspecified atom stereocenters. The zero-order chi connectivity index (χ0) is 31.0. The van der Waals surface area contributed by atoms with Crippen LogP contribution in [-0.4, -0.2) is 46.2 Å². The Morgan fingerprint density at radius 3 is 2.80 bits per heavy atom. The number of hydrogen-bond acceptors (Lipinski definition) is 8. The van der Waals surface area contributed by atoms with Crippen LogP contribution in [0.25, 0.3) is 0 Å². The number of ketones is 2. The van der Waals surface area contributed by atoms with Crippen LogP contribution in [0, 0.1) is 28.6 Å². The number of carbonyl (C=O) groups is 2. The van der Waals surface area contributed by atoms with Gasteiger partial charge in [0.1, 0.15) is 19.0 Å². The lowest BCUT2D eigenvalue weighted by Crippen LogP contribution is -2.63. The van der Waals surface area contributed by atoms with Gasteiger partial charge in [0.05, 0.1) is 17.2 Å². The van der Waals surface area contributed by atoms with Gasteiger partial charge >= 0.3 is 0 Å². The SMILES string of the molecule is C[C@]12C=CC(=O)C=C1CC[C@@H]1[C@@H]2[C@@H](O)C[C@@]2(C)[C@H]1C[C@H]1O[C@@H](c3ccc(Cl)c(OCc4cccc(N)c4)c3)O[C@]12C(=O)CO. The predicted octanol–water partition coefficient (Wildman–Crippen LogP) is 5.10. The van der Waals surface area contributed by atoms with Crippen LogP contribution in [0.2, 0.25) is 5.02 Å². The van der Waals surface area contributed by atoms with E-state index in [9.17, 15) is 19.8 Å². The Balaban J connectivity index is 1.19. The number of halogens is 1. The van der Waals surface area contributed by atoms with E-state index in [4.69, 9.17) is 31.5 Å². The topological polar surface area (TPSA) is 128 Å². The Morgan fingerprint density at radius 2 is 2.02 bits per heavy atom. The number of aliphatic hydroxyl groups is 2. The highest BCUT2D eigenvalue weighted by Crippen LogP contribution is 2.70. The first-order valence-corrected chi connectivity index (χ1v) is 15.7. The van der Waals surface area contributed by atoms with Gasteiger partial charge in [-0.15, -0.1) is 0 Å². The predicted molar refractivity (Wildman–Crippen MR) is 164 cm³/mol. The number of nitrogens with two attached hydrogens (primary N) is 1. The van der Waals surface area contributed by atoms with Crippen molar-refractivity contribution in [2.45, 2.75) is 70.2 Å². The number of Topliss-reactive ketones (excluding diaryl/α,β-unsaturated/α-hetero) is 1. The zero-order valence-corrected chi connectivity index (χ0v) is 25.6. The number of carbonyl (C=O) groups excluding carboxylic acids is 2. The lowest BCUT2D eigenvalue weighted by atomic mass is 9.46. The minimum absolute atomic E-state index is 0.0117. The van der Waals surface area contributed by atoms with Crippen molar-refractivity contribution in [1.82, 2.24) is 0 Å². The summed E-state index contributed by atoms with van der Waals surface area (Å²) in [5, 5.41) is 22.5. The molecule has 8 nitrogen and oxygen atoms in total. The summed E-state index contributed by atoms with van der Waals surface area (Å²) in [5.41, 5.74) is 6.50. The highest BCUT2D eigenvalue weighted by Gasteiger charge is 2.75. The van der Waals surface area contributed by atoms with Crippen LogP contribution < -0.4 is 10.5 Å². The van der Waals surface area contributed by atoms with E-state index in [0.717, 1.165) is 24.0 Å². The largest absolute Gasteiger partial charge is 0.487 e. The fraction of sp³-hybridized carbons (Fsp3) is 0.486. The molecule has 5 aliphatic rings. The monoisotopic (exact) mass is 619 g/mol. The Kier molecular flexibility index (Phi) is 7.10. The average Bonchev–Trinajstić information content (AvgIpc) is 3.49. The molecule has 9 heteroatoms. The maximum atomic E-state index is 13.8. The number of ether oxygens (including phenoxy) is 3. The number of fused-ring (bicyclic) bond motifs is 7. The van der Waals surface area contributed by atoms with Gasteiger partial charge in [-0.1, -0.05) is 55.3 Å². The molecule has 2 aromatic rings. The molecule has 4 fully saturated rings. The van der Waals surface area contributed by atoms with E-state index < -0.39 is 47.3 Å². The average molecular weight is 620 g/mol. The zero-order valence-electron chi connectivity index (χ0n) is 24.9. The van der Waals surface area contributed by atoms with Crippen LogP contribution in [0.4, 0.5) is 5.69 Å². The fourth-order valence-electron chi connectivity index (χ4n) is 9.46. The lowest BCUT2D eigenvalue weighted by Gasteiger charge is -2.59. The van der Waals surface area contributed by atoms with Crippen LogP contribution in [0.3, 0.4) is 0 Å². The van der Waals surface area contributed by atoms with Crippen molar-refractivity contribution in [1.29, 1.82) is 0 Å². The Labute approximate surface area is 261 Å². The molecule has 0 amide bonds. The quantitative estimate of drug-likeness (QED) is 0.381. The lowest BCUT2D eigenvalue weighted by molar-refractivity contribution is -0.201. The first kappa shape index (κ1) is 29.7. The number of rotatable bonds is 6. The van der Waals surface area contributed by atoms with Crippen LogP contribution in [0.15, 0.2) is 66.3 Å². The summed E-state index contributed by atoms with van der Waals surface area (Å²) in [4.78, 5) is 26.0. The number of benzene rings is 2. The van der Waals surface area contributed by atoms with Gasteiger partial charge in [-0.05, 0) is 79.5 Å². The second-order valence-electron chi connectivity index (χ2n) is 13.6. The Hall–Kier alpha value is -3.01. The summed E-state index contributed by atoms with van der Waals surface area (Å²) in [6, 6.07) is 12.7. The highest BCUT2D eigenvalue weighted by molar-refractivity contribution is 6.32. The third kappa shape index (κ3) is 4.26. The molecule has 0 radical (unpaired) electrons. The Bertz CT molecular complexity index is 1590. The molecule has 2 aromatic carbocycles. The van der Waals surface area contributed by atoms with Crippen molar-refractivity contribution < 1.29 is 34.0 Å². The molecular formula is C35H38ClNO7. The van der Waals surface area contributed by atoms with Gasteiger partial charge < -0.3 is 30.2 Å². The van der Waals surface area contributed by atoms with Crippen molar-refractivity contribution in [3.8, 4) is 5.75 Å². The van der Waals surface area contributed by atoms with E-state index in [1.807, 2.05) is 31.2 Å². The maximum Gasteiger partial charge on any atom is 0.193 e. The maximum absolute atomic E-state index is 13.8. The van der Waals surface area contributed by atoms with Gasteiger partial charge in [-0.25, -0.2) is 0 Å². The molecule has 4 aliphatic carbocycles. The van der Waals surface area contributed by atoms with Crippen molar-refractivity contribution in [3.05, 3.63) is 82.4 Å². The van der Waals surface area contributed by atoms with Crippen LogP contribution in [0.1, 0.15) is 56.9 Å². The van der Waals surface area contributed by atoms with E-state index in [1.54, 1.807) is 36.4 Å². The molecule has 1 aliphatic heterocycles. The molecule has 3 saturated carbocycles. The summed E-state index contributed by atoms with van der Waals surface area (Å²) in [6.07, 6.45) is 5.52. The van der Waals surface area contributed by atoms with Crippen LogP contribution in [-0.2, 0) is 25.7 Å². The normalized spacial score (nSPS) is 38.8.